The number of nitrogens with one attached hydrogen (secondary N) is 2. The van der Waals surface area contributed by atoms with E-state index < -0.39 is 5.97 Å². The average molecular weight is 388 g/mol. The number of hydrogen-bond acceptors (Lipinski definition) is 5. The molecule has 6 nitrogen and oxygen atoms in total. The normalized spacial score (nSPS) is 10.4. The number of carbonyl (C=O) groups excluding carboxylic acids is 3. The molecular weight excluding hydrogens is 364 g/mol. The lowest BCUT2D eigenvalue weighted by molar-refractivity contribution is 0.0601. The molecule has 0 radical (unpaired) electrons. The third-order valence-corrected chi connectivity index (χ3v) is 5.31. The van der Waals surface area contributed by atoms with Crippen LogP contribution in [0, 0.1) is 13.8 Å². The highest BCUT2D eigenvalue weighted by molar-refractivity contribution is 7.18. The van der Waals surface area contributed by atoms with Crippen LogP contribution < -0.4 is 10.6 Å². The predicted molar refractivity (Wildman–Crippen MR) is 107 cm³/mol. The van der Waals surface area contributed by atoms with Crippen molar-refractivity contribution in [2.24, 2.45) is 0 Å². The number of esters is 1. The fourth-order valence-electron chi connectivity index (χ4n) is 2.51. The fraction of sp³-hybridized carbons (Fsp3) is 0.350. The smallest absolute Gasteiger partial charge is 0.341 e. The molecule has 0 saturated carbocycles. The Hall–Kier alpha value is -2.67. The van der Waals surface area contributed by atoms with Gasteiger partial charge in [0.1, 0.15) is 5.00 Å². The molecule has 2 aromatic rings. The molecule has 7 heteroatoms. The molecule has 27 heavy (non-hydrogen) atoms. The van der Waals surface area contributed by atoms with Crippen molar-refractivity contribution >= 4 is 34.1 Å². The second kappa shape index (κ2) is 9.32. The Labute approximate surface area is 162 Å². The van der Waals surface area contributed by atoms with Crippen molar-refractivity contribution in [3.8, 4) is 0 Å². The summed E-state index contributed by atoms with van der Waals surface area (Å²) >= 11 is 1.08. The maximum Gasteiger partial charge on any atom is 0.341 e. The largest absolute Gasteiger partial charge is 0.465 e. The molecule has 0 atom stereocenters. The van der Waals surface area contributed by atoms with Crippen molar-refractivity contribution in [3.05, 3.63) is 51.4 Å². The number of ether oxygens (including phenoxy) is 1. The molecule has 2 amide bonds. The number of methoxy groups -OCH3 is 1. The van der Waals surface area contributed by atoms with Crippen molar-refractivity contribution in [2.45, 2.75) is 33.6 Å². The predicted octanol–water partition coefficient (Wildman–Crippen LogP) is 3.93. The van der Waals surface area contributed by atoms with Gasteiger partial charge in [-0.25, -0.2) is 4.79 Å². The summed E-state index contributed by atoms with van der Waals surface area (Å²) < 4.78 is 4.84. The van der Waals surface area contributed by atoms with E-state index in [9.17, 15) is 14.4 Å². The van der Waals surface area contributed by atoms with Gasteiger partial charge in [-0.2, -0.15) is 0 Å². The Morgan fingerprint density at radius 1 is 1.07 bits per heavy atom. The van der Waals surface area contributed by atoms with E-state index in [0.29, 0.717) is 27.5 Å². The summed E-state index contributed by atoms with van der Waals surface area (Å²) in [5, 5.41) is 5.89. The summed E-state index contributed by atoms with van der Waals surface area (Å²) in [6.45, 7) is 6.21. The van der Waals surface area contributed by atoms with E-state index in [-0.39, 0.29) is 17.4 Å². The van der Waals surface area contributed by atoms with E-state index >= 15 is 0 Å². The molecule has 0 spiro atoms. The van der Waals surface area contributed by atoms with Gasteiger partial charge < -0.3 is 15.4 Å². The van der Waals surface area contributed by atoms with Gasteiger partial charge in [0, 0.05) is 12.1 Å². The summed E-state index contributed by atoms with van der Waals surface area (Å²) in [5.74, 6) is -1.19. The van der Waals surface area contributed by atoms with Gasteiger partial charge >= 0.3 is 5.97 Å². The number of unbranched alkanes of at least 4 members (excludes halogenated alkanes) is 1. The number of benzene rings is 1. The molecule has 0 saturated heterocycles. The number of aryl methyl sites for hydroxylation is 1. The first-order valence-electron chi connectivity index (χ1n) is 8.77. The zero-order valence-electron chi connectivity index (χ0n) is 16.0. The minimum Gasteiger partial charge on any atom is -0.465 e. The summed E-state index contributed by atoms with van der Waals surface area (Å²) in [6.07, 6.45) is 1.84. The molecular formula is C20H24N2O4S. The Morgan fingerprint density at radius 3 is 2.33 bits per heavy atom. The number of amides is 2. The molecule has 1 aromatic heterocycles. The van der Waals surface area contributed by atoms with Crippen LogP contribution in [0.2, 0.25) is 0 Å². The lowest BCUT2D eigenvalue weighted by Gasteiger charge is -2.06. The highest BCUT2D eigenvalue weighted by Crippen LogP contribution is 2.34. The quantitative estimate of drug-likeness (QED) is 0.556. The van der Waals surface area contributed by atoms with E-state index in [4.69, 9.17) is 4.74 Å². The highest BCUT2D eigenvalue weighted by atomic mass is 32.1. The van der Waals surface area contributed by atoms with Gasteiger partial charge in [0.05, 0.1) is 17.6 Å². The van der Waals surface area contributed by atoms with Crippen molar-refractivity contribution in [1.29, 1.82) is 0 Å². The molecule has 0 unspecified atom stereocenters. The van der Waals surface area contributed by atoms with Gasteiger partial charge in [-0.05, 0) is 38.0 Å². The fourth-order valence-corrected chi connectivity index (χ4v) is 3.61. The average Bonchev–Trinajstić information content (AvgIpc) is 2.97. The molecule has 144 valence electrons. The van der Waals surface area contributed by atoms with Gasteiger partial charge in [0.2, 0.25) is 0 Å². The van der Waals surface area contributed by atoms with E-state index in [1.165, 1.54) is 7.11 Å². The molecule has 2 N–H and O–H groups in total. The van der Waals surface area contributed by atoms with Gasteiger partial charge in [0.15, 0.2) is 0 Å². The maximum absolute atomic E-state index is 12.5. The molecule has 0 fully saturated rings. The van der Waals surface area contributed by atoms with E-state index in [1.807, 2.05) is 26.0 Å². The summed E-state index contributed by atoms with van der Waals surface area (Å²) in [5.41, 5.74) is 2.22. The van der Waals surface area contributed by atoms with Gasteiger partial charge in [-0.1, -0.05) is 31.0 Å². The van der Waals surface area contributed by atoms with Crippen molar-refractivity contribution in [2.75, 3.05) is 19.0 Å². The first-order chi connectivity index (χ1) is 12.9. The van der Waals surface area contributed by atoms with Crippen LogP contribution in [0.1, 0.15) is 61.3 Å². The first kappa shape index (κ1) is 20.6. The van der Waals surface area contributed by atoms with Crippen LogP contribution in [0.3, 0.4) is 0 Å². The van der Waals surface area contributed by atoms with Gasteiger partial charge in [0.25, 0.3) is 11.8 Å². The van der Waals surface area contributed by atoms with Crippen LogP contribution in [0.25, 0.3) is 0 Å². The second-order valence-corrected chi connectivity index (χ2v) is 7.20. The first-order valence-corrected chi connectivity index (χ1v) is 9.58. The Morgan fingerprint density at radius 2 is 1.74 bits per heavy atom. The zero-order chi connectivity index (χ0) is 20.0. The molecule has 0 aliphatic carbocycles. The lowest BCUT2D eigenvalue weighted by atomic mass is 10.1. The minimum absolute atomic E-state index is 0.212. The number of anilines is 1. The monoisotopic (exact) mass is 388 g/mol. The van der Waals surface area contributed by atoms with Crippen LogP contribution in [-0.2, 0) is 4.74 Å². The molecule has 1 aromatic carbocycles. The molecule has 0 bridgehead atoms. The van der Waals surface area contributed by atoms with Crippen molar-refractivity contribution in [3.63, 3.8) is 0 Å². The Kier molecular flexibility index (Phi) is 7.12. The lowest BCUT2D eigenvalue weighted by Crippen LogP contribution is -2.24. The third kappa shape index (κ3) is 4.95. The van der Waals surface area contributed by atoms with Crippen molar-refractivity contribution < 1.29 is 19.1 Å². The van der Waals surface area contributed by atoms with Crippen LogP contribution in [-0.4, -0.2) is 31.4 Å². The van der Waals surface area contributed by atoms with Gasteiger partial charge in [-0.15, -0.1) is 11.3 Å². The standard InChI is InChI=1S/C20H24N2O4S/c1-5-6-11-21-18(24)16-13(3)15(20(25)26-4)19(27-16)22-17(23)14-9-7-12(2)8-10-14/h7-10H,5-6,11H2,1-4H3,(H,21,24)(H,22,23). The van der Waals surface area contributed by atoms with E-state index in [2.05, 4.69) is 10.6 Å². The Balaban J connectivity index is 2.32. The third-order valence-electron chi connectivity index (χ3n) is 4.10. The highest BCUT2D eigenvalue weighted by Gasteiger charge is 2.26. The van der Waals surface area contributed by atoms with E-state index in [0.717, 1.165) is 29.7 Å². The number of hydrogen-bond donors (Lipinski definition) is 2. The zero-order valence-corrected chi connectivity index (χ0v) is 16.8. The SMILES string of the molecule is CCCCNC(=O)c1sc(NC(=O)c2ccc(C)cc2)c(C(=O)OC)c1C. The van der Waals surface area contributed by atoms with Crippen molar-refractivity contribution in [1.82, 2.24) is 5.32 Å². The molecule has 0 aliphatic rings. The summed E-state index contributed by atoms with van der Waals surface area (Å²) in [7, 11) is 1.27. The number of rotatable bonds is 7. The summed E-state index contributed by atoms with van der Waals surface area (Å²) in [6, 6.07) is 7.09. The van der Waals surface area contributed by atoms with Crippen LogP contribution in [0.5, 0.6) is 0 Å². The molecule has 2 rings (SSSR count). The molecule has 1 heterocycles. The van der Waals surface area contributed by atoms with E-state index in [1.54, 1.807) is 19.1 Å². The number of carbonyl (C=O) groups is 3. The van der Waals surface area contributed by atoms with Crippen LogP contribution in [0.15, 0.2) is 24.3 Å². The molecule has 0 aliphatic heterocycles. The minimum atomic E-state index is -0.587. The topological polar surface area (TPSA) is 84.5 Å². The Bertz CT molecular complexity index is 840. The number of thiophene rings is 1. The second-order valence-electron chi connectivity index (χ2n) is 6.18. The summed E-state index contributed by atoms with van der Waals surface area (Å²) in [4.78, 5) is 37.6. The van der Waals surface area contributed by atoms with Gasteiger partial charge in [-0.3, -0.25) is 9.59 Å². The maximum atomic E-state index is 12.5. The van der Waals surface area contributed by atoms with Crippen LogP contribution >= 0.6 is 11.3 Å². The van der Waals surface area contributed by atoms with Crippen LogP contribution in [0.4, 0.5) is 5.00 Å².